The number of carboxylic acids is 1. The van der Waals surface area contributed by atoms with E-state index in [4.69, 9.17) is 5.73 Å². The van der Waals surface area contributed by atoms with E-state index in [1.807, 2.05) is 36.6 Å². The van der Waals surface area contributed by atoms with E-state index in [9.17, 15) is 24.3 Å². The van der Waals surface area contributed by atoms with Gasteiger partial charge in [0.25, 0.3) is 0 Å². The molecule has 0 saturated heterocycles. The highest BCUT2D eigenvalue weighted by Crippen LogP contribution is 2.08. The maximum absolute atomic E-state index is 12.9. The van der Waals surface area contributed by atoms with Crippen LogP contribution in [0, 0.1) is 0 Å². The van der Waals surface area contributed by atoms with E-state index in [1.165, 1.54) is 11.8 Å². The summed E-state index contributed by atoms with van der Waals surface area (Å²) >= 11 is 1.53. The highest BCUT2D eigenvalue weighted by atomic mass is 32.2. The molecule has 3 amide bonds. The molecule has 0 radical (unpaired) electrons. The fourth-order valence-corrected chi connectivity index (χ4v) is 3.43. The molecule has 10 heteroatoms. The summed E-state index contributed by atoms with van der Waals surface area (Å²) in [6, 6.07) is 6.25. The third kappa shape index (κ3) is 10.3. The average molecular weight is 453 g/mol. The van der Waals surface area contributed by atoms with Crippen molar-refractivity contribution in [1.29, 1.82) is 0 Å². The van der Waals surface area contributed by atoms with Gasteiger partial charge in [-0.3, -0.25) is 14.4 Å². The van der Waals surface area contributed by atoms with E-state index in [-0.39, 0.29) is 12.8 Å². The molecular weight excluding hydrogens is 420 g/mol. The first kappa shape index (κ1) is 26.4. The zero-order valence-electron chi connectivity index (χ0n) is 17.7. The first-order chi connectivity index (χ1) is 14.9. The fourth-order valence-electron chi connectivity index (χ4n) is 2.96. The minimum absolute atomic E-state index is 0.184. The molecule has 0 fully saturated rings. The molecule has 1 aromatic rings. The summed E-state index contributed by atoms with van der Waals surface area (Å²) in [5.41, 5.74) is 6.26. The minimum atomic E-state index is -1.14. The Morgan fingerprint density at radius 1 is 1.03 bits per heavy atom. The van der Waals surface area contributed by atoms with Crippen LogP contribution in [0.3, 0.4) is 0 Å². The number of hydrogen-bond donors (Lipinski definition) is 5. The summed E-state index contributed by atoms with van der Waals surface area (Å²) in [5, 5.41) is 17.1. The summed E-state index contributed by atoms with van der Waals surface area (Å²) < 4.78 is 0. The molecule has 1 aromatic carbocycles. The highest BCUT2D eigenvalue weighted by molar-refractivity contribution is 7.98. The van der Waals surface area contributed by atoms with Crippen molar-refractivity contribution in [3.63, 3.8) is 0 Å². The zero-order chi connectivity index (χ0) is 23.1. The Kier molecular flexibility index (Phi) is 13.0. The van der Waals surface area contributed by atoms with Crippen molar-refractivity contribution in [2.45, 2.75) is 50.2 Å². The summed E-state index contributed by atoms with van der Waals surface area (Å²) in [5.74, 6) is -1.58. The van der Waals surface area contributed by atoms with Crippen LogP contribution in [-0.2, 0) is 25.6 Å². The van der Waals surface area contributed by atoms with Crippen LogP contribution in [0.25, 0.3) is 0 Å². The lowest BCUT2D eigenvalue weighted by Gasteiger charge is -2.24. The molecule has 1 rings (SSSR count). The van der Waals surface area contributed by atoms with Gasteiger partial charge in [0.2, 0.25) is 18.2 Å². The number of amides is 3. The van der Waals surface area contributed by atoms with Gasteiger partial charge in [-0.05, 0) is 49.8 Å². The lowest BCUT2D eigenvalue weighted by molar-refractivity contribution is -0.142. The first-order valence-corrected chi connectivity index (χ1v) is 11.6. The number of unbranched alkanes of at least 4 members (excludes halogenated alkanes) is 1. The number of nitrogens with one attached hydrogen (secondary N) is 3. The summed E-state index contributed by atoms with van der Waals surface area (Å²) in [6.45, 7) is 0.439. The number of rotatable bonds is 16. The monoisotopic (exact) mass is 452 g/mol. The molecule has 9 nitrogen and oxygen atoms in total. The molecule has 0 aliphatic rings. The van der Waals surface area contributed by atoms with E-state index in [0.29, 0.717) is 38.0 Å². The Hall–Kier alpha value is -2.59. The van der Waals surface area contributed by atoms with E-state index in [1.54, 1.807) is 0 Å². The third-order valence-corrected chi connectivity index (χ3v) is 5.32. The van der Waals surface area contributed by atoms with Crippen molar-refractivity contribution < 1.29 is 24.3 Å². The minimum Gasteiger partial charge on any atom is -0.480 e. The van der Waals surface area contributed by atoms with E-state index < -0.39 is 35.9 Å². The Morgan fingerprint density at radius 2 is 1.68 bits per heavy atom. The molecule has 3 atom stereocenters. The van der Waals surface area contributed by atoms with Gasteiger partial charge in [0.1, 0.15) is 18.1 Å². The largest absolute Gasteiger partial charge is 0.480 e. The fraction of sp³-hybridized carbons (Fsp3) is 0.524. The van der Waals surface area contributed by atoms with Crippen molar-refractivity contribution in [3.8, 4) is 0 Å². The van der Waals surface area contributed by atoms with Gasteiger partial charge in [-0.1, -0.05) is 30.3 Å². The normalized spacial score (nSPS) is 13.5. The van der Waals surface area contributed by atoms with Crippen molar-refractivity contribution in [1.82, 2.24) is 16.0 Å². The Balaban J connectivity index is 2.95. The van der Waals surface area contributed by atoms with Gasteiger partial charge in [-0.25, -0.2) is 4.79 Å². The van der Waals surface area contributed by atoms with Crippen LogP contribution in [0.15, 0.2) is 30.3 Å². The van der Waals surface area contributed by atoms with Gasteiger partial charge in [-0.15, -0.1) is 0 Å². The molecule has 31 heavy (non-hydrogen) atoms. The Morgan fingerprint density at radius 3 is 2.26 bits per heavy atom. The number of benzene rings is 1. The topological polar surface area (TPSA) is 151 Å². The predicted octanol–water partition coefficient (Wildman–Crippen LogP) is 0.280. The summed E-state index contributed by atoms with van der Waals surface area (Å²) in [6.07, 6.45) is 4.38. The van der Waals surface area contributed by atoms with Crippen LogP contribution in [0.5, 0.6) is 0 Å². The van der Waals surface area contributed by atoms with E-state index >= 15 is 0 Å². The maximum atomic E-state index is 12.9. The number of thioether (sulfide) groups is 1. The molecule has 0 aromatic heterocycles. The molecule has 0 saturated carbocycles. The van der Waals surface area contributed by atoms with E-state index in [0.717, 1.165) is 5.56 Å². The van der Waals surface area contributed by atoms with Crippen molar-refractivity contribution in [2.75, 3.05) is 18.6 Å². The molecule has 172 valence electrons. The number of carbonyl (C=O) groups excluding carboxylic acids is 3. The first-order valence-electron chi connectivity index (χ1n) is 10.2. The van der Waals surface area contributed by atoms with Crippen molar-refractivity contribution in [2.24, 2.45) is 5.73 Å². The van der Waals surface area contributed by atoms with Crippen molar-refractivity contribution >= 4 is 36.0 Å². The summed E-state index contributed by atoms with van der Waals surface area (Å²) in [4.78, 5) is 48.1. The molecule has 0 heterocycles. The maximum Gasteiger partial charge on any atom is 0.326 e. The van der Waals surface area contributed by atoms with Gasteiger partial charge >= 0.3 is 5.97 Å². The SMILES string of the molecule is CSCC[C@H](NC=O)C(=O)N[C@@H](Cc1ccccc1)C(=O)N[C@@H](CCCCN)C(=O)O. The van der Waals surface area contributed by atoms with Crippen LogP contribution < -0.4 is 21.7 Å². The molecule has 0 spiro atoms. The number of aliphatic carboxylic acids is 1. The van der Waals surface area contributed by atoms with E-state index in [2.05, 4.69) is 16.0 Å². The standard InChI is InChI=1S/C21H32N4O5S/c1-31-12-10-16(23-14-26)19(27)25-18(13-15-7-3-2-4-8-15)20(28)24-17(21(29)30)9-5-6-11-22/h2-4,7-8,14,16-18H,5-6,9-13,22H2,1H3,(H,23,26)(H,24,28)(H,25,27)(H,29,30)/t16-,17-,18-/m0/s1. The van der Waals surface area contributed by atoms with Gasteiger partial charge < -0.3 is 26.8 Å². The van der Waals surface area contributed by atoms with Gasteiger partial charge in [-0.2, -0.15) is 11.8 Å². The molecule has 0 aliphatic carbocycles. The number of nitrogens with two attached hydrogens (primary N) is 1. The van der Waals surface area contributed by atoms with Gasteiger partial charge in [0, 0.05) is 6.42 Å². The van der Waals surface area contributed by atoms with Gasteiger partial charge in [0.15, 0.2) is 0 Å². The number of hydrogen-bond acceptors (Lipinski definition) is 6. The van der Waals surface area contributed by atoms with Crippen LogP contribution >= 0.6 is 11.8 Å². The molecule has 0 unspecified atom stereocenters. The highest BCUT2D eigenvalue weighted by Gasteiger charge is 2.28. The van der Waals surface area contributed by atoms with Crippen LogP contribution in [-0.4, -0.2) is 66.0 Å². The predicted molar refractivity (Wildman–Crippen MR) is 121 cm³/mol. The Labute approximate surface area is 186 Å². The van der Waals surface area contributed by atoms with Crippen LogP contribution in [0.4, 0.5) is 0 Å². The number of carboxylic acid groups (broad SMARTS) is 1. The second-order valence-electron chi connectivity index (χ2n) is 7.05. The molecule has 6 N–H and O–H groups in total. The second-order valence-corrected chi connectivity index (χ2v) is 8.04. The number of carbonyl (C=O) groups is 4. The quantitative estimate of drug-likeness (QED) is 0.178. The average Bonchev–Trinajstić information content (AvgIpc) is 2.76. The lowest BCUT2D eigenvalue weighted by atomic mass is 10.0. The summed E-state index contributed by atoms with van der Waals surface area (Å²) in [7, 11) is 0. The van der Waals surface area contributed by atoms with Gasteiger partial charge in [0.05, 0.1) is 0 Å². The second kappa shape index (κ2) is 15.2. The smallest absolute Gasteiger partial charge is 0.326 e. The van der Waals surface area contributed by atoms with Crippen LogP contribution in [0.1, 0.15) is 31.2 Å². The zero-order valence-corrected chi connectivity index (χ0v) is 18.5. The van der Waals surface area contributed by atoms with Crippen molar-refractivity contribution in [3.05, 3.63) is 35.9 Å². The molecule has 0 aliphatic heterocycles. The Bertz CT molecular complexity index is 704. The third-order valence-electron chi connectivity index (χ3n) is 4.67. The van der Waals surface area contributed by atoms with Crippen LogP contribution in [0.2, 0.25) is 0 Å². The molecular formula is C21H32N4O5S. The molecule has 0 bridgehead atoms. The lowest BCUT2D eigenvalue weighted by Crippen LogP contribution is -2.55.